The zero-order chi connectivity index (χ0) is 20.6. The highest BCUT2D eigenvalue weighted by atomic mass is 16.5. The van der Waals surface area contributed by atoms with E-state index >= 15 is 0 Å². The molecule has 1 heterocycles. The molecule has 8 nitrogen and oxygen atoms in total. The van der Waals surface area contributed by atoms with E-state index in [0.29, 0.717) is 48.2 Å². The number of methoxy groups -OCH3 is 2. The van der Waals surface area contributed by atoms with Gasteiger partial charge in [-0.3, -0.25) is 9.59 Å². The molecule has 1 aliphatic heterocycles. The maximum atomic E-state index is 12.5. The van der Waals surface area contributed by atoms with Crippen molar-refractivity contribution >= 4 is 23.2 Å². The van der Waals surface area contributed by atoms with Crippen molar-refractivity contribution in [3.8, 4) is 11.5 Å². The van der Waals surface area contributed by atoms with Crippen molar-refractivity contribution < 1.29 is 28.7 Å². The molecule has 1 saturated heterocycles. The van der Waals surface area contributed by atoms with Gasteiger partial charge in [0.25, 0.3) is 11.8 Å². The number of quaternary nitrogens is 1. The van der Waals surface area contributed by atoms with Crippen LogP contribution >= 0.6 is 0 Å². The Labute approximate surface area is 169 Å². The second kappa shape index (κ2) is 9.90. The molecule has 1 fully saturated rings. The SMILES string of the molecule is COc1cc(NC(=O)c2ccccc2)c(OC)cc1NC(=O)C[NH+]1CCOCC1. The van der Waals surface area contributed by atoms with E-state index in [4.69, 9.17) is 14.2 Å². The van der Waals surface area contributed by atoms with Crippen LogP contribution in [0.3, 0.4) is 0 Å². The number of carbonyl (C=O) groups excluding carboxylic acids is 2. The second-order valence-corrected chi connectivity index (χ2v) is 6.66. The van der Waals surface area contributed by atoms with Gasteiger partial charge >= 0.3 is 0 Å². The summed E-state index contributed by atoms with van der Waals surface area (Å²) in [5.41, 5.74) is 1.47. The Bertz CT molecular complexity index is 851. The van der Waals surface area contributed by atoms with Crippen molar-refractivity contribution in [3.05, 3.63) is 48.0 Å². The second-order valence-electron chi connectivity index (χ2n) is 6.66. The minimum atomic E-state index is -0.265. The first kappa shape index (κ1) is 20.6. The molecule has 0 unspecified atom stereocenters. The quantitative estimate of drug-likeness (QED) is 0.640. The summed E-state index contributed by atoms with van der Waals surface area (Å²) in [6.07, 6.45) is 0. The van der Waals surface area contributed by atoms with Crippen LogP contribution in [0.15, 0.2) is 42.5 Å². The number of rotatable bonds is 7. The summed E-state index contributed by atoms with van der Waals surface area (Å²) in [4.78, 5) is 26.1. The van der Waals surface area contributed by atoms with Gasteiger partial charge in [0.15, 0.2) is 6.54 Å². The summed E-state index contributed by atoms with van der Waals surface area (Å²) in [5.74, 6) is 0.463. The Morgan fingerprint density at radius 1 is 0.966 bits per heavy atom. The van der Waals surface area contributed by atoms with E-state index < -0.39 is 0 Å². The maximum absolute atomic E-state index is 12.5. The average molecular weight is 400 g/mol. The summed E-state index contributed by atoms with van der Waals surface area (Å²) in [6.45, 7) is 3.28. The van der Waals surface area contributed by atoms with E-state index in [2.05, 4.69) is 10.6 Å². The smallest absolute Gasteiger partial charge is 0.279 e. The number of hydrogen-bond acceptors (Lipinski definition) is 5. The monoisotopic (exact) mass is 400 g/mol. The molecule has 2 aromatic carbocycles. The number of benzene rings is 2. The lowest BCUT2D eigenvalue weighted by Crippen LogP contribution is -3.15. The van der Waals surface area contributed by atoms with Crippen molar-refractivity contribution in [3.63, 3.8) is 0 Å². The first-order chi connectivity index (χ1) is 14.1. The number of nitrogens with one attached hydrogen (secondary N) is 3. The topological polar surface area (TPSA) is 90.3 Å². The molecule has 3 rings (SSSR count). The predicted octanol–water partition coefficient (Wildman–Crippen LogP) is 0.810. The Kier molecular flexibility index (Phi) is 7.04. The molecule has 0 aliphatic carbocycles. The lowest BCUT2D eigenvalue weighted by Gasteiger charge is -2.23. The fraction of sp³-hybridized carbons (Fsp3) is 0.333. The number of anilines is 2. The molecule has 29 heavy (non-hydrogen) atoms. The van der Waals surface area contributed by atoms with Crippen LogP contribution in [0.5, 0.6) is 11.5 Å². The minimum absolute atomic E-state index is 0.122. The summed E-state index contributed by atoms with van der Waals surface area (Å²) < 4.78 is 16.1. The van der Waals surface area contributed by atoms with E-state index in [0.717, 1.165) is 13.1 Å². The van der Waals surface area contributed by atoms with Gasteiger partial charge in [0.05, 0.1) is 38.8 Å². The Morgan fingerprint density at radius 2 is 1.55 bits per heavy atom. The normalized spacial score (nSPS) is 14.1. The van der Waals surface area contributed by atoms with Crippen LogP contribution in [0.1, 0.15) is 10.4 Å². The van der Waals surface area contributed by atoms with Crippen LogP contribution in [-0.2, 0) is 9.53 Å². The van der Waals surface area contributed by atoms with Crippen molar-refractivity contribution in [1.29, 1.82) is 0 Å². The first-order valence-electron chi connectivity index (χ1n) is 9.44. The molecular weight excluding hydrogens is 374 g/mol. The average Bonchev–Trinajstić information content (AvgIpc) is 2.75. The number of carbonyl (C=O) groups is 2. The third-order valence-electron chi connectivity index (χ3n) is 4.69. The molecule has 0 atom stereocenters. The fourth-order valence-corrected chi connectivity index (χ4v) is 3.14. The van der Waals surface area contributed by atoms with Gasteiger partial charge in [0.2, 0.25) is 0 Å². The van der Waals surface area contributed by atoms with E-state index in [1.165, 1.54) is 19.1 Å². The fourth-order valence-electron chi connectivity index (χ4n) is 3.14. The van der Waals surface area contributed by atoms with E-state index in [1.54, 1.807) is 36.4 Å². The third-order valence-corrected chi connectivity index (χ3v) is 4.69. The molecule has 1 aliphatic rings. The highest BCUT2D eigenvalue weighted by Crippen LogP contribution is 2.36. The van der Waals surface area contributed by atoms with Gasteiger partial charge in [-0.15, -0.1) is 0 Å². The number of hydrogen-bond donors (Lipinski definition) is 3. The molecule has 2 aromatic rings. The first-order valence-corrected chi connectivity index (χ1v) is 9.44. The molecule has 8 heteroatoms. The van der Waals surface area contributed by atoms with Crippen molar-refractivity contribution in [1.82, 2.24) is 0 Å². The van der Waals surface area contributed by atoms with Crippen LogP contribution in [-0.4, -0.2) is 58.9 Å². The van der Waals surface area contributed by atoms with Crippen LogP contribution in [0.25, 0.3) is 0 Å². The molecular formula is C21H26N3O5+. The van der Waals surface area contributed by atoms with Gasteiger partial charge in [0, 0.05) is 17.7 Å². The zero-order valence-electron chi connectivity index (χ0n) is 16.6. The van der Waals surface area contributed by atoms with E-state index in [-0.39, 0.29) is 11.8 Å². The molecule has 0 saturated carbocycles. The summed E-state index contributed by atoms with van der Waals surface area (Å²) in [6, 6.07) is 12.2. The zero-order valence-corrected chi connectivity index (χ0v) is 16.6. The van der Waals surface area contributed by atoms with Crippen LogP contribution < -0.4 is 25.0 Å². The van der Waals surface area contributed by atoms with E-state index in [9.17, 15) is 9.59 Å². The maximum Gasteiger partial charge on any atom is 0.279 e. The lowest BCUT2D eigenvalue weighted by molar-refractivity contribution is -0.899. The van der Waals surface area contributed by atoms with Crippen molar-refractivity contribution in [2.75, 3.05) is 57.7 Å². The van der Waals surface area contributed by atoms with Crippen LogP contribution in [0, 0.1) is 0 Å². The molecule has 3 N–H and O–H groups in total. The van der Waals surface area contributed by atoms with Gasteiger partial charge in [-0.1, -0.05) is 18.2 Å². The predicted molar refractivity (Wildman–Crippen MR) is 109 cm³/mol. The van der Waals surface area contributed by atoms with Crippen LogP contribution in [0.4, 0.5) is 11.4 Å². The van der Waals surface area contributed by atoms with Crippen molar-refractivity contribution in [2.45, 2.75) is 0 Å². The van der Waals surface area contributed by atoms with Crippen LogP contribution in [0.2, 0.25) is 0 Å². The standard InChI is InChI=1S/C21H25N3O5/c1-27-18-13-17(23-21(26)15-6-4-3-5-7-15)19(28-2)12-16(18)22-20(25)14-24-8-10-29-11-9-24/h3-7,12-13H,8-11,14H2,1-2H3,(H,22,25)(H,23,26)/p+1. The Morgan fingerprint density at radius 3 is 2.14 bits per heavy atom. The number of amides is 2. The summed E-state index contributed by atoms with van der Waals surface area (Å²) in [5, 5.41) is 5.70. The summed E-state index contributed by atoms with van der Waals surface area (Å²) in [7, 11) is 3.01. The highest BCUT2D eigenvalue weighted by molar-refractivity contribution is 6.05. The number of ether oxygens (including phenoxy) is 3. The van der Waals surface area contributed by atoms with Gasteiger partial charge in [-0.2, -0.15) is 0 Å². The molecule has 0 bridgehead atoms. The largest absolute Gasteiger partial charge is 0.494 e. The Balaban J connectivity index is 1.75. The molecule has 0 spiro atoms. The molecule has 0 aromatic heterocycles. The third kappa shape index (κ3) is 5.46. The Hall–Kier alpha value is -3.10. The number of morpholine rings is 1. The van der Waals surface area contributed by atoms with Gasteiger partial charge in [0.1, 0.15) is 24.6 Å². The van der Waals surface area contributed by atoms with Gasteiger partial charge in [-0.05, 0) is 12.1 Å². The van der Waals surface area contributed by atoms with Gasteiger partial charge < -0.3 is 29.7 Å². The van der Waals surface area contributed by atoms with Gasteiger partial charge in [-0.25, -0.2) is 0 Å². The summed E-state index contributed by atoms with van der Waals surface area (Å²) >= 11 is 0. The van der Waals surface area contributed by atoms with E-state index in [1.807, 2.05) is 6.07 Å². The molecule has 0 radical (unpaired) electrons. The molecule has 2 amide bonds. The minimum Gasteiger partial charge on any atom is -0.494 e. The molecule has 154 valence electrons. The highest BCUT2D eigenvalue weighted by Gasteiger charge is 2.20. The lowest BCUT2D eigenvalue weighted by atomic mass is 10.2. The van der Waals surface area contributed by atoms with Crippen molar-refractivity contribution in [2.24, 2.45) is 0 Å².